The van der Waals surface area contributed by atoms with Crippen molar-refractivity contribution in [3.05, 3.63) is 70.7 Å². The summed E-state index contributed by atoms with van der Waals surface area (Å²) in [7, 11) is 3.06. The van der Waals surface area contributed by atoms with E-state index in [0.717, 1.165) is 0 Å². The van der Waals surface area contributed by atoms with Crippen LogP contribution in [0.15, 0.2) is 69.5 Å². The average Bonchev–Trinajstić information content (AvgIpc) is 3.48. The number of anilines is 3. The van der Waals surface area contributed by atoms with Crippen LogP contribution < -0.4 is 30.7 Å². The lowest BCUT2D eigenvalue weighted by atomic mass is 9.75. The summed E-state index contributed by atoms with van der Waals surface area (Å²) in [5, 5.41) is 24.7. The van der Waals surface area contributed by atoms with Gasteiger partial charge in [0.2, 0.25) is 16.9 Å². The van der Waals surface area contributed by atoms with Crippen molar-refractivity contribution in [3.63, 3.8) is 0 Å². The molecule has 0 fully saturated rings. The van der Waals surface area contributed by atoms with Crippen molar-refractivity contribution in [1.82, 2.24) is 10.2 Å². The van der Waals surface area contributed by atoms with Crippen LogP contribution in [-0.2, 0) is 14.4 Å². The maximum atomic E-state index is 13.4. The Kier molecular flexibility index (Phi) is 9.17. The third-order valence-corrected chi connectivity index (χ3v) is 9.10. The molecule has 44 heavy (non-hydrogen) atoms. The van der Waals surface area contributed by atoms with Crippen LogP contribution in [0.3, 0.4) is 0 Å². The highest BCUT2D eigenvalue weighted by Crippen LogP contribution is 2.48. The number of thioether (sulfide) groups is 1. The number of ketones is 1. The second kappa shape index (κ2) is 13.2. The van der Waals surface area contributed by atoms with Crippen LogP contribution in [0.25, 0.3) is 0 Å². The molecule has 12 nitrogen and oxygen atoms in total. The van der Waals surface area contributed by atoms with Crippen molar-refractivity contribution in [3.8, 4) is 17.6 Å². The first kappa shape index (κ1) is 30.6. The number of rotatable bonds is 9. The Morgan fingerprint density at radius 1 is 1.09 bits per heavy atom. The first-order chi connectivity index (χ1) is 21.2. The molecule has 2 aromatic carbocycles. The van der Waals surface area contributed by atoms with Gasteiger partial charge in [-0.3, -0.25) is 19.3 Å². The molecule has 0 spiro atoms. The molecule has 1 atom stereocenters. The van der Waals surface area contributed by atoms with Gasteiger partial charge in [-0.2, -0.15) is 5.26 Å². The second-order valence-corrected chi connectivity index (χ2v) is 12.1. The Labute approximate surface area is 261 Å². The number of nitrogens with zero attached hydrogens (tertiary/aromatic N) is 4. The smallest absolute Gasteiger partial charge is 0.234 e. The third-order valence-electron chi connectivity index (χ3n) is 7.06. The quantitative estimate of drug-likeness (QED) is 0.283. The SMILES string of the molecule is COc1ccc(C2C(C#N)=C(N)N(c3nnc(SCC(=O)Nc4ccc(NC(C)=O)cc4)s3)C3=C2C(=O)CCC3)cc1OC. The number of carbonyl (C=O) groups excluding carboxylic acids is 3. The van der Waals surface area contributed by atoms with Crippen LogP contribution >= 0.6 is 23.1 Å². The van der Waals surface area contributed by atoms with E-state index >= 15 is 0 Å². The van der Waals surface area contributed by atoms with E-state index < -0.39 is 5.92 Å². The molecular weight excluding hydrogens is 603 g/mol. The van der Waals surface area contributed by atoms with Gasteiger partial charge >= 0.3 is 0 Å². The highest BCUT2D eigenvalue weighted by molar-refractivity contribution is 8.01. The molecule has 0 radical (unpaired) electrons. The largest absolute Gasteiger partial charge is 0.493 e. The van der Waals surface area contributed by atoms with Crippen LogP contribution in [-0.4, -0.2) is 47.8 Å². The van der Waals surface area contributed by atoms with Crippen LogP contribution in [0.5, 0.6) is 11.5 Å². The highest BCUT2D eigenvalue weighted by atomic mass is 32.2. The standard InChI is InChI=1S/C30H29N7O5S2/c1-16(38)33-18-8-10-19(11-9-18)34-25(40)15-43-30-36-35-29(44-30)37-21-5-4-6-22(39)27(21)26(20(14-31)28(37)32)17-7-12-23(41-2)24(13-17)42-3/h7-13,26H,4-6,15,32H2,1-3H3,(H,33,38)(H,34,40). The summed E-state index contributed by atoms with van der Waals surface area (Å²) < 4.78 is 11.4. The van der Waals surface area contributed by atoms with Crippen LogP contribution in [0.2, 0.25) is 0 Å². The summed E-state index contributed by atoms with van der Waals surface area (Å²) in [5.74, 6) is 0.100. The number of hydrogen-bond acceptors (Lipinski definition) is 12. The normalized spacial score (nSPS) is 16.3. The Morgan fingerprint density at radius 3 is 2.45 bits per heavy atom. The van der Waals surface area contributed by atoms with Gasteiger partial charge in [0.05, 0.1) is 37.5 Å². The number of nitrogens with one attached hydrogen (secondary N) is 2. The Morgan fingerprint density at radius 2 is 1.80 bits per heavy atom. The number of hydrogen-bond donors (Lipinski definition) is 3. The van der Waals surface area contributed by atoms with Gasteiger partial charge in [0.25, 0.3) is 0 Å². The number of allylic oxidation sites excluding steroid dienone is 3. The summed E-state index contributed by atoms with van der Waals surface area (Å²) >= 11 is 2.42. The zero-order valence-corrected chi connectivity index (χ0v) is 25.8. The van der Waals surface area contributed by atoms with Gasteiger partial charge in [-0.15, -0.1) is 10.2 Å². The molecule has 1 aliphatic carbocycles. The minimum atomic E-state index is -0.670. The molecule has 0 saturated carbocycles. The molecule has 1 unspecified atom stereocenters. The molecule has 14 heteroatoms. The van der Waals surface area contributed by atoms with E-state index in [-0.39, 0.29) is 34.7 Å². The van der Waals surface area contributed by atoms with E-state index in [4.69, 9.17) is 15.2 Å². The average molecular weight is 632 g/mol. The van der Waals surface area contributed by atoms with Gasteiger partial charge in [-0.25, -0.2) is 0 Å². The molecular formula is C30H29N7O5S2. The van der Waals surface area contributed by atoms with Crippen molar-refractivity contribution in [2.24, 2.45) is 5.73 Å². The second-order valence-electron chi connectivity index (χ2n) is 9.88. The van der Waals surface area contributed by atoms with Crippen LogP contribution in [0.4, 0.5) is 16.5 Å². The van der Waals surface area contributed by atoms with E-state index in [0.29, 0.717) is 68.4 Å². The predicted octanol–water partition coefficient (Wildman–Crippen LogP) is 4.55. The van der Waals surface area contributed by atoms with E-state index in [2.05, 4.69) is 26.9 Å². The van der Waals surface area contributed by atoms with Gasteiger partial charge in [-0.05, 0) is 54.8 Å². The molecule has 1 aliphatic heterocycles. The minimum Gasteiger partial charge on any atom is -0.493 e. The van der Waals surface area contributed by atoms with Gasteiger partial charge in [0.15, 0.2) is 21.6 Å². The van der Waals surface area contributed by atoms with Crippen molar-refractivity contribution >= 4 is 57.2 Å². The molecule has 5 rings (SSSR count). The van der Waals surface area contributed by atoms with Gasteiger partial charge in [-0.1, -0.05) is 29.2 Å². The topological polar surface area (TPSA) is 173 Å². The first-order valence-electron chi connectivity index (χ1n) is 13.6. The fourth-order valence-corrected chi connectivity index (χ4v) is 6.87. The summed E-state index contributed by atoms with van der Waals surface area (Å²) in [6, 6.07) is 14.3. The number of nitriles is 1. The zero-order chi connectivity index (χ0) is 31.4. The molecule has 2 aliphatic rings. The lowest BCUT2D eigenvalue weighted by Gasteiger charge is -2.38. The molecule has 4 N–H and O–H groups in total. The van der Waals surface area contributed by atoms with E-state index in [1.54, 1.807) is 47.4 Å². The van der Waals surface area contributed by atoms with Gasteiger partial charge in [0.1, 0.15) is 5.82 Å². The fraction of sp³-hybridized carbons (Fsp3) is 0.267. The number of aromatic nitrogens is 2. The van der Waals surface area contributed by atoms with Crippen molar-refractivity contribution in [2.75, 3.05) is 35.5 Å². The fourth-order valence-electron chi connectivity index (χ4n) is 5.19. The van der Waals surface area contributed by atoms with E-state index in [1.807, 2.05) is 0 Å². The lowest BCUT2D eigenvalue weighted by Crippen LogP contribution is -2.38. The molecule has 0 saturated heterocycles. The Bertz CT molecular complexity index is 1730. The Balaban J connectivity index is 1.38. The minimum absolute atomic E-state index is 0.0582. The summed E-state index contributed by atoms with van der Waals surface area (Å²) in [4.78, 5) is 38.9. The third kappa shape index (κ3) is 6.24. The highest BCUT2D eigenvalue weighted by Gasteiger charge is 2.41. The van der Waals surface area contributed by atoms with Crippen molar-refractivity contribution in [1.29, 1.82) is 5.26 Å². The number of benzene rings is 2. The number of carbonyl (C=O) groups is 3. The van der Waals surface area contributed by atoms with Crippen molar-refractivity contribution in [2.45, 2.75) is 36.4 Å². The number of nitrogens with two attached hydrogens (primary N) is 1. The van der Waals surface area contributed by atoms with Gasteiger partial charge < -0.3 is 25.8 Å². The molecule has 1 aromatic heterocycles. The van der Waals surface area contributed by atoms with E-state index in [9.17, 15) is 19.6 Å². The maximum absolute atomic E-state index is 13.4. The number of methoxy groups -OCH3 is 2. The lowest BCUT2D eigenvalue weighted by molar-refractivity contribution is -0.116. The summed E-state index contributed by atoms with van der Waals surface area (Å²) in [6.07, 6.45) is 1.56. The van der Waals surface area contributed by atoms with Crippen LogP contribution in [0, 0.1) is 11.3 Å². The molecule has 226 valence electrons. The molecule has 0 bridgehead atoms. The number of ether oxygens (including phenoxy) is 2. The number of amides is 2. The van der Waals surface area contributed by atoms with Crippen LogP contribution in [0.1, 0.15) is 37.7 Å². The predicted molar refractivity (Wildman–Crippen MR) is 167 cm³/mol. The molecule has 3 aromatic rings. The van der Waals surface area contributed by atoms with Gasteiger partial charge in [0, 0.05) is 36.0 Å². The van der Waals surface area contributed by atoms with E-state index in [1.165, 1.54) is 44.2 Å². The summed E-state index contributed by atoms with van der Waals surface area (Å²) in [5.41, 5.74) is 9.97. The molecule has 2 amide bonds. The zero-order valence-electron chi connectivity index (χ0n) is 24.2. The maximum Gasteiger partial charge on any atom is 0.234 e. The van der Waals surface area contributed by atoms with Crippen molar-refractivity contribution < 1.29 is 23.9 Å². The molecule has 2 heterocycles. The summed E-state index contributed by atoms with van der Waals surface area (Å²) in [6.45, 7) is 1.42. The first-order valence-corrected chi connectivity index (χ1v) is 15.4. The number of Topliss-reactive ketones (excluding diaryl/α,β-unsaturated/α-hetero) is 1. The monoisotopic (exact) mass is 631 g/mol. The Hall–Kier alpha value is -4.87.